The average molecular weight is 1030 g/mol. The number of fused-ring (bicyclic) bond motifs is 2. The fourth-order valence-corrected chi connectivity index (χ4v) is 9.29. The van der Waals surface area contributed by atoms with Crippen LogP contribution in [0.15, 0.2) is 72.8 Å². The van der Waals surface area contributed by atoms with Gasteiger partial charge < -0.3 is 52.5 Å². The molecule has 2 aromatic rings. The van der Waals surface area contributed by atoms with E-state index >= 15 is 14.4 Å². The molecule has 410 valence electrons. The molecule has 0 radical (unpaired) electrons. The number of hydrogen-bond acceptors (Lipinski definition) is 15. The monoisotopic (exact) mass is 1020 g/mol. The lowest BCUT2D eigenvalue weighted by Crippen LogP contribution is -2.80. The van der Waals surface area contributed by atoms with E-state index in [2.05, 4.69) is 6.58 Å². The van der Waals surface area contributed by atoms with E-state index in [1.54, 1.807) is 76.2 Å². The van der Waals surface area contributed by atoms with Crippen LogP contribution in [-0.2, 0) is 68.2 Å². The van der Waals surface area contributed by atoms with Gasteiger partial charge in [0.1, 0.15) is 40.9 Å². The second kappa shape index (κ2) is 25.9. The highest BCUT2D eigenvalue weighted by atomic mass is 16.8. The van der Waals surface area contributed by atoms with Crippen LogP contribution in [0.5, 0.6) is 5.75 Å². The lowest BCUT2D eigenvalue weighted by molar-refractivity contribution is -0.392. The van der Waals surface area contributed by atoms with Gasteiger partial charge in [0.05, 0.1) is 6.61 Å². The Hall–Kier alpha value is -4.38. The molecule has 0 aromatic heterocycles. The van der Waals surface area contributed by atoms with Crippen molar-refractivity contribution in [3.05, 3.63) is 78.4 Å². The van der Waals surface area contributed by atoms with Crippen LogP contribution in [0, 0.1) is 5.92 Å². The first kappa shape index (κ1) is 61.2. The molecule has 2 aliphatic rings. The summed E-state index contributed by atoms with van der Waals surface area (Å²) in [4.78, 5) is 58.8. The zero-order valence-electron chi connectivity index (χ0n) is 46.4. The number of carbonyl (C=O) groups excluding carboxylic acids is 4. The van der Waals surface area contributed by atoms with Gasteiger partial charge in [0.25, 0.3) is 0 Å². The summed E-state index contributed by atoms with van der Waals surface area (Å²) in [5, 5.41) is 13.2. The van der Waals surface area contributed by atoms with Crippen molar-refractivity contribution in [3.63, 3.8) is 0 Å². The van der Waals surface area contributed by atoms with Gasteiger partial charge >= 0.3 is 23.9 Å². The Morgan fingerprint density at radius 3 is 1.74 bits per heavy atom. The summed E-state index contributed by atoms with van der Waals surface area (Å²) in [6, 6.07) is 19.5. The minimum atomic E-state index is -2.92. The average Bonchev–Trinajstić information content (AvgIpc) is 3.49. The molecule has 0 amide bonds. The molecular formula is C58H88O15. The number of benzene rings is 2. The second-order valence-corrected chi connectivity index (χ2v) is 23.1. The maximum Gasteiger partial charge on any atom is 0.346 e. The number of unbranched alkanes of at least 4 members (excludes halogenated alkanes) is 8. The van der Waals surface area contributed by atoms with Gasteiger partial charge in [-0.2, -0.15) is 0 Å². The zero-order chi connectivity index (χ0) is 54.5. The summed E-state index contributed by atoms with van der Waals surface area (Å²) < 4.78 is 63.0. The lowest BCUT2D eigenvalue weighted by atomic mass is 9.73. The molecule has 1 N–H and O–H groups in total. The zero-order valence-corrected chi connectivity index (χ0v) is 46.4. The van der Waals surface area contributed by atoms with Gasteiger partial charge in [-0.3, -0.25) is 4.79 Å². The first-order valence-corrected chi connectivity index (χ1v) is 26.2. The molecule has 2 heterocycles. The van der Waals surface area contributed by atoms with Crippen molar-refractivity contribution in [2.75, 3.05) is 20.3 Å². The maximum atomic E-state index is 15.5. The van der Waals surface area contributed by atoms with Crippen LogP contribution < -0.4 is 4.74 Å². The highest BCUT2D eigenvalue weighted by Gasteiger charge is 2.87. The first-order chi connectivity index (χ1) is 34.0. The van der Waals surface area contributed by atoms with Gasteiger partial charge in [-0.25, -0.2) is 14.4 Å². The predicted octanol–water partition coefficient (Wildman–Crippen LogP) is 10.5. The Bertz CT molecular complexity index is 2090. The standard InChI is InChI=1S/C58H88O15/c1-40(45(67-42(3)59)41(2)39-43-31-25-23-26-32-43)35-36-56-47(68-55(13,14)64-15)46(60)57(73-56,50(62)71-53(7,8)9)58(51(63)72-54(10,11)12,48(69-56)49(61)70-52(4,5)6)66-38-30-22-20-18-16-17-19-21-29-37-65-44-33-27-24-28-34-44/h23-28,31-34,41,45-48,60H,1,16-22,29-30,35-39H2,2-15H3/t41?,45?,46-,47-,48-,56-,57-,58-/m1/s1. The second-order valence-electron chi connectivity index (χ2n) is 23.1. The number of carbonyl (C=O) groups is 4. The minimum Gasteiger partial charge on any atom is -0.494 e. The summed E-state index contributed by atoms with van der Waals surface area (Å²) >= 11 is 0. The highest BCUT2D eigenvalue weighted by Crippen LogP contribution is 2.59. The minimum absolute atomic E-state index is 0.0223. The third kappa shape index (κ3) is 16.8. The topological polar surface area (TPSA) is 181 Å². The quantitative estimate of drug-likeness (QED) is 0.0279. The van der Waals surface area contributed by atoms with Crippen molar-refractivity contribution in [2.45, 2.75) is 231 Å². The largest absolute Gasteiger partial charge is 0.494 e. The molecule has 0 spiro atoms. The summed E-state index contributed by atoms with van der Waals surface area (Å²) in [7, 11) is 1.40. The Balaban J connectivity index is 1.76. The van der Waals surface area contributed by atoms with Crippen LogP contribution >= 0.6 is 0 Å². The highest BCUT2D eigenvalue weighted by molar-refractivity contribution is 6.00. The van der Waals surface area contributed by atoms with E-state index in [0.717, 1.165) is 56.3 Å². The number of methoxy groups -OCH3 is 1. The Morgan fingerprint density at radius 1 is 0.712 bits per heavy atom. The van der Waals surface area contributed by atoms with Crippen molar-refractivity contribution in [3.8, 4) is 5.75 Å². The summed E-state index contributed by atoms with van der Waals surface area (Å²) in [5.41, 5.74) is -8.00. The van der Waals surface area contributed by atoms with Gasteiger partial charge in [0.2, 0.25) is 23.1 Å². The molecule has 0 saturated carbocycles. The molecule has 4 rings (SSSR count). The van der Waals surface area contributed by atoms with Gasteiger partial charge in [-0.1, -0.05) is 107 Å². The first-order valence-electron chi connectivity index (χ1n) is 26.2. The van der Waals surface area contributed by atoms with Crippen molar-refractivity contribution in [1.82, 2.24) is 0 Å². The van der Waals surface area contributed by atoms with Gasteiger partial charge in [-0.05, 0) is 125 Å². The molecule has 2 aliphatic heterocycles. The van der Waals surface area contributed by atoms with Gasteiger partial charge in [0.15, 0.2) is 5.79 Å². The SMILES string of the molecule is C=C(CC[C@@]12O[C@H](C(=O)OC(C)(C)C)[C@@](OCCCCCCCCCCCOc3ccccc3)(C(=O)OC(C)(C)C)[C@@](C(=O)OC(C)(C)C)(O1)[C@H](O)[C@H]2OC(C)(C)OC)C(OC(C)=O)C(C)Cc1ccccc1. The van der Waals surface area contributed by atoms with Gasteiger partial charge in [0, 0.05) is 33.0 Å². The normalized spacial score (nSPS) is 24.0. The van der Waals surface area contributed by atoms with E-state index in [0.29, 0.717) is 31.4 Å². The van der Waals surface area contributed by atoms with Crippen LogP contribution in [0.25, 0.3) is 0 Å². The van der Waals surface area contributed by atoms with Crippen molar-refractivity contribution >= 4 is 23.9 Å². The van der Waals surface area contributed by atoms with E-state index < -0.39 is 87.9 Å². The molecule has 15 heteroatoms. The van der Waals surface area contributed by atoms with Crippen LogP contribution in [0.1, 0.15) is 166 Å². The van der Waals surface area contributed by atoms with E-state index in [1.165, 1.54) is 14.0 Å². The van der Waals surface area contributed by atoms with Crippen molar-refractivity contribution in [2.24, 2.45) is 5.92 Å². The Labute approximate surface area is 435 Å². The van der Waals surface area contributed by atoms with E-state index in [1.807, 2.05) is 67.6 Å². The van der Waals surface area contributed by atoms with Crippen LogP contribution in [0.2, 0.25) is 0 Å². The number of para-hydroxylation sites is 1. The third-order valence-electron chi connectivity index (χ3n) is 12.7. The fraction of sp³-hybridized carbons (Fsp3) is 0.690. The Kier molecular flexibility index (Phi) is 21.7. The summed E-state index contributed by atoms with van der Waals surface area (Å²) in [6.07, 6.45) is 1.52. The van der Waals surface area contributed by atoms with E-state index in [9.17, 15) is 9.90 Å². The molecule has 2 bridgehead atoms. The molecule has 2 unspecified atom stereocenters. The molecule has 15 nitrogen and oxygen atoms in total. The number of hydrogen-bond donors (Lipinski definition) is 1. The molecule has 0 aliphatic carbocycles. The maximum absolute atomic E-state index is 15.5. The van der Waals surface area contributed by atoms with Crippen LogP contribution in [0.3, 0.4) is 0 Å². The molecule has 73 heavy (non-hydrogen) atoms. The number of rotatable bonds is 28. The number of esters is 4. The predicted molar refractivity (Wildman–Crippen MR) is 276 cm³/mol. The molecular weight excluding hydrogens is 937 g/mol. The molecule has 2 aromatic carbocycles. The van der Waals surface area contributed by atoms with Crippen LogP contribution in [-0.4, -0.2) is 113 Å². The van der Waals surface area contributed by atoms with E-state index in [-0.39, 0.29) is 25.4 Å². The summed E-state index contributed by atoms with van der Waals surface area (Å²) in [6.45, 7) is 25.9. The number of aliphatic hydroxyl groups is 1. The van der Waals surface area contributed by atoms with Crippen LogP contribution in [0.4, 0.5) is 0 Å². The smallest absolute Gasteiger partial charge is 0.346 e. The lowest BCUT2D eigenvalue weighted by Gasteiger charge is -2.53. The van der Waals surface area contributed by atoms with Crippen molar-refractivity contribution < 1.29 is 71.7 Å². The molecule has 8 atom stereocenters. The number of ether oxygens (including phenoxy) is 10. The molecule has 2 saturated heterocycles. The summed E-state index contributed by atoms with van der Waals surface area (Å²) in [5.74, 6) is -7.24. The van der Waals surface area contributed by atoms with Gasteiger partial charge in [-0.15, -0.1) is 0 Å². The third-order valence-corrected chi connectivity index (χ3v) is 12.7. The fourth-order valence-electron chi connectivity index (χ4n) is 9.29. The molecule has 2 fully saturated rings. The number of aliphatic hydroxyl groups excluding tert-OH is 1. The van der Waals surface area contributed by atoms with Crippen molar-refractivity contribution in [1.29, 1.82) is 0 Å². The Morgan fingerprint density at radius 2 is 1.22 bits per heavy atom. The van der Waals surface area contributed by atoms with E-state index in [4.69, 9.17) is 47.4 Å².